The standard InChI is InChI=1S/C26H28N6O2/c27-18-21-9-6-19-4-3-5-22(25(19)28-21)32-15-13-31(14-16-32)12-1-2-17-34-24-11-8-20-7-10-23(33)29-26(20)30-24/h3-6,8-9,11H,1-2,7,10,12-17H2,(H,29,30,33). The molecule has 1 fully saturated rings. The number of pyridine rings is 2. The minimum Gasteiger partial charge on any atom is -0.478 e. The van der Waals surface area contributed by atoms with E-state index in [1.165, 1.54) is 0 Å². The van der Waals surface area contributed by atoms with Gasteiger partial charge in [-0.1, -0.05) is 12.1 Å². The first-order valence-electron chi connectivity index (χ1n) is 11.9. The highest BCUT2D eigenvalue weighted by molar-refractivity contribution is 5.93. The topological polar surface area (TPSA) is 94.4 Å². The van der Waals surface area contributed by atoms with Gasteiger partial charge >= 0.3 is 0 Å². The van der Waals surface area contributed by atoms with E-state index >= 15 is 0 Å². The molecule has 5 rings (SSSR count). The molecular formula is C26H28N6O2. The van der Waals surface area contributed by atoms with Crippen molar-refractivity contribution in [1.82, 2.24) is 14.9 Å². The number of carbonyl (C=O) groups excluding carboxylic acids is 1. The summed E-state index contributed by atoms with van der Waals surface area (Å²) < 4.78 is 5.81. The highest BCUT2D eigenvalue weighted by atomic mass is 16.5. The molecule has 1 N–H and O–H groups in total. The molecule has 4 heterocycles. The zero-order valence-corrected chi connectivity index (χ0v) is 19.2. The van der Waals surface area contributed by atoms with Gasteiger partial charge in [-0.25, -0.2) is 4.98 Å². The van der Waals surface area contributed by atoms with Crippen LogP contribution in [0.1, 0.15) is 30.5 Å². The van der Waals surface area contributed by atoms with Crippen LogP contribution in [0.2, 0.25) is 0 Å². The van der Waals surface area contributed by atoms with E-state index < -0.39 is 0 Å². The molecule has 174 valence electrons. The Morgan fingerprint density at radius 1 is 1.00 bits per heavy atom. The van der Waals surface area contributed by atoms with Gasteiger partial charge in [0.2, 0.25) is 11.8 Å². The summed E-state index contributed by atoms with van der Waals surface area (Å²) in [6, 6.07) is 16.0. The number of hydrogen-bond donors (Lipinski definition) is 1. The minimum atomic E-state index is 0.0147. The van der Waals surface area contributed by atoms with Crippen molar-refractivity contribution in [3.8, 4) is 11.9 Å². The number of benzene rings is 1. The normalized spacial score (nSPS) is 16.1. The molecule has 2 aliphatic heterocycles. The Morgan fingerprint density at radius 3 is 2.74 bits per heavy atom. The fourth-order valence-electron chi connectivity index (χ4n) is 4.58. The van der Waals surface area contributed by atoms with Gasteiger partial charge in [0, 0.05) is 44.1 Å². The number of aryl methyl sites for hydroxylation is 1. The van der Waals surface area contributed by atoms with Gasteiger partial charge in [0.1, 0.15) is 17.6 Å². The number of aromatic nitrogens is 2. The number of piperazine rings is 1. The molecule has 1 amide bonds. The van der Waals surface area contributed by atoms with Crippen LogP contribution in [-0.4, -0.2) is 60.1 Å². The average Bonchev–Trinajstić information content (AvgIpc) is 2.88. The van der Waals surface area contributed by atoms with Crippen LogP contribution in [-0.2, 0) is 11.2 Å². The number of nitriles is 1. The van der Waals surface area contributed by atoms with Crippen molar-refractivity contribution >= 4 is 28.3 Å². The summed E-state index contributed by atoms with van der Waals surface area (Å²) in [4.78, 5) is 25.4. The summed E-state index contributed by atoms with van der Waals surface area (Å²) >= 11 is 0. The summed E-state index contributed by atoms with van der Waals surface area (Å²) in [6.45, 7) is 5.54. The van der Waals surface area contributed by atoms with Crippen LogP contribution >= 0.6 is 0 Å². The summed E-state index contributed by atoms with van der Waals surface area (Å²) in [5.74, 6) is 1.22. The molecule has 0 aliphatic carbocycles. The summed E-state index contributed by atoms with van der Waals surface area (Å²) in [7, 11) is 0. The lowest BCUT2D eigenvalue weighted by Crippen LogP contribution is -2.46. The molecule has 0 unspecified atom stereocenters. The quantitative estimate of drug-likeness (QED) is 0.545. The third-order valence-corrected chi connectivity index (χ3v) is 6.48. The first-order chi connectivity index (χ1) is 16.7. The van der Waals surface area contributed by atoms with Gasteiger partial charge in [-0.05, 0) is 55.6 Å². The fourth-order valence-corrected chi connectivity index (χ4v) is 4.58. The van der Waals surface area contributed by atoms with Gasteiger partial charge in [-0.2, -0.15) is 10.2 Å². The molecule has 3 aromatic rings. The number of hydrogen-bond acceptors (Lipinski definition) is 7. The average molecular weight is 457 g/mol. The monoisotopic (exact) mass is 456 g/mol. The number of carbonyl (C=O) groups is 1. The Hall–Kier alpha value is -3.70. The minimum absolute atomic E-state index is 0.0147. The van der Waals surface area contributed by atoms with E-state index in [0.29, 0.717) is 30.4 Å². The molecule has 1 aromatic carbocycles. The number of anilines is 2. The molecule has 0 spiro atoms. The van der Waals surface area contributed by atoms with Crippen LogP contribution < -0.4 is 15.0 Å². The van der Waals surface area contributed by atoms with Crippen LogP contribution in [0, 0.1) is 11.3 Å². The predicted octanol–water partition coefficient (Wildman–Crippen LogP) is 3.37. The van der Waals surface area contributed by atoms with Crippen molar-refractivity contribution in [3.63, 3.8) is 0 Å². The highest BCUT2D eigenvalue weighted by Crippen LogP contribution is 2.27. The zero-order chi connectivity index (χ0) is 23.3. The SMILES string of the molecule is N#Cc1ccc2cccc(N3CCN(CCCCOc4ccc5c(n4)NC(=O)CC5)CC3)c2n1. The van der Waals surface area contributed by atoms with Gasteiger partial charge in [-0.3, -0.25) is 9.69 Å². The fraction of sp³-hybridized carbons (Fsp3) is 0.385. The van der Waals surface area contributed by atoms with E-state index in [9.17, 15) is 10.1 Å². The Bertz CT molecular complexity index is 1230. The van der Waals surface area contributed by atoms with Crippen LogP contribution in [0.5, 0.6) is 5.88 Å². The number of unbranched alkanes of at least 4 members (excludes halogenated alkanes) is 1. The number of fused-ring (bicyclic) bond motifs is 2. The smallest absolute Gasteiger partial charge is 0.225 e. The second-order valence-electron chi connectivity index (χ2n) is 8.75. The van der Waals surface area contributed by atoms with Crippen LogP contribution in [0.3, 0.4) is 0 Å². The molecule has 8 heteroatoms. The number of nitrogens with zero attached hydrogens (tertiary/aromatic N) is 5. The number of amides is 1. The van der Waals surface area contributed by atoms with Crippen molar-refractivity contribution < 1.29 is 9.53 Å². The van der Waals surface area contributed by atoms with Crippen molar-refractivity contribution in [2.45, 2.75) is 25.7 Å². The van der Waals surface area contributed by atoms with E-state index in [1.54, 1.807) is 6.07 Å². The van der Waals surface area contributed by atoms with Gasteiger partial charge in [-0.15, -0.1) is 0 Å². The van der Waals surface area contributed by atoms with Gasteiger partial charge in [0.05, 0.1) is 17.8 Å². The Balaban J connectivity index is 1.07. The van der Waals surface area contributed by atoms with Crippen molar-refractivity contribution in [2.75, 3.05) is 49.5 Å². The molecular weight excluding hydrogens is 428 g/mol. The molecule has 0 atom stereocenters. The third-order valence-electron chi connectivity index (χ3n) is 6.48. The maximum absolute atomic E-state index is 11.6. The number of rotatable bonds is 7. The maximum atomic E-state index is 11.6. The number of nitrogens with one attached hydrogen (secondary N) is 1. The van der Waals surface area contributed by atoms with E-state index in [0.717, 1.165) is 74.1 Å². The number of para-hydroxylation sites is 1. The Kier molecular flexibility index (Phi) is 6.54. The van der Waals surface area contributed by atoms with E-state index in [4.69, 9.17) is 4.74 Å². The van der Waals surface area contributed by atoms with Crippen molar-refractivity contribution in [3.05, 3.63) is 53.7 Å². The zero-order valence-electron chi connectivity index (χ0n) is 19.2. The lowest BCUT2D eigenvalue weighted by molar-refractivity contribution is -0.116. The predicted molar refractivity (Wildman–Crippen MR) is 131 cm³/mol. The molecule has 0 saturated carbocycles. The summed E-state index contributed by atoms with van der Waals surface area (Å²) in [5.41, 5.74) is 3.53. The van der Waals surface area contributed by atoms with E-state index in [-0.39, 0.29) is 5.91 Å². The van der Waals surface area contributed by atoms with Gasteiger partial charge in [0.15, 0.2) is 0 Å². The highest BCUT2D eigenvalue weighted by Gasteiger charge is 2.19. The van der Waals surface area contributed by atoms with Crippen molar-refractivity contribution in [1.29, 1.82) is 5.26 Å². The second-order valence-corrected chi connectivity index (χ2v) is 8.75. The molecule has 34 heavy (non-hydrogen) atoms. The Morgan fingerprint density at radius 2 is 1.88 bits per heavy atom. The molecule has 2 aliphatic rings. The lowest BCUT2D eigenvalue weighted by Gasteiger charge is -2.36. The first kappa shape index (κ1) is 22.1. The lowest BCUT2D eigenvalue weighted by atomic mass is 10.1. The Labute approximate surface area is 199 Å². The first-order valence-corrected chi connectivity index (χ1v) is 11.9. The van der Waals surface area contributed by atoms with Crippen LogP contribution in [0.4, 0.5) is 11.5 Å². The molecule has 0 radical (unpaired) electrons. The van der Waals surface area contributed by atoms with E-state index in [1.807, 2.05) is 24.3 Å². The molecule has 1 saturated heterocycles. The maximum Gasteiger partial charge on any atom is 0.225 e. The van der Waals surface area contributed by atoms with E-state index in [2.05, 4.69) is 43.3 Å². The molecule has 2 aromatic heterocycles. The van der Waals surface area contributed by atoms with Gasteiger partial charge < -0.3 is 15.0 Å². The summed E-state index contributed by atoms with van der Waals surface area (Å²) in [6.07, 6.45) is 3.27. The van der Waals surface area contributed by atoms with Gasteiger partial charge in [0.25, 0.3) is 0 Å². The molecule has 8 nitrogen and oxygen atoms in total. The second kappa shape index (κ2) is 10.1. The summed E-state index contributed by atoms with van der Waals surface area (Å²) in [5, 5.41) is 13.1. The van der Waals surface area contributed by atoms with Crippen LogP contribution in [0.15, 0.2) is 42.5 Å². The van der Waals surface area contributed by atoms with Crippen molar-refractivity contribution in [2.24, 2.45) is 0 Å². The number of ether oxygens (including phenoxy) is 1. The largest absolute Gasteiger partial charge is 0.478 e. The van der Waals surface area contributed by atoms with Crippen LogP contribution in [0.25, 0.3) is 10.9 Å². The third kappa shape index (κ3) is 4.95. The molecule has 0 bridgehead atoms.